The van der Waals surface area contributed by atoms with E-state index in [4.69, 9.17) is 4.74 Å². The van der Waals surface area contributed by atoms with Crippen LogP contribution in [0.15, 0.2) is 18.2 Å². The van der Waals surface area contributed by atoms with Gasteiger partial charge in [-0.2, -0.15) is 0 Å². The van der Waals surface area contributed by atoms with Crippen LogP contribution < -0.4 is 10.1 Å². The van der Waals surface area contributed by atoms with Crippen LogP contribution in [0.4, 0.5) is 8.78 Å². The smallest absolute Gasteiger partial charge is 0.257 e. The van der Waals surface area contributed by atoms with Gasteiger partial charge in [0.15, 0.2) is 18.2 Å². The number of halogens is 2. The number of hydrogen-bond donors (Lipinski definition) is 1. The molecule has 1 amide bonds. The number of likely N-dealkylation sites (tertiary alicyclic amines) is 1. The van der Waals surface area contributed by atoms with Crippen LogP contribution in [-0.2, 0) is 4.79 Å². The van der Waals surface area contributed by atoms with Gasteiger partial charge >= 0.3 is 0 Å². The van der Waals surface area contributed by atoms with Gasteiger partial charge in [0.1, 0.15) is 5.82 Å². The Morgan fingerprint density at radius 3 is 2.86 bits per heavy atom. The van der Waals surface area contributed by atoms with Gasteiger partial charge in [0.05, 0.1) is 0 Å². The van der Waals surface area contributed by atoms with Crippen LogP contribution in [-0.4, -0.2) is 43.1 Å². The minimum atomic E-state index is -0.809. The zero-order valence-corrected chi connectivity index (χ0v) is 12.9. The molecule has 1 atom stereocenters. The van der Waals surface area contributed by atoms with E-state index in [2.05, 4.69) is 24.1 Å². The fraction of sp³-hybridized carbons (Fsp3) is 0.562. The van der Waals surface area contributed by atoms with Crippen molar-refractivity contribution in [2.75, 3.05) is 26.2 Å². The zero-order valence-electron chi connectivity index (χ0n) is 12.9. The summed E-state index contributed by atoms with van der Waals surface area (Å²) in [5, 5.41) is 2.80. The molecule has 22 heavy (non-hydrogen) atoms. The summed E-state index contributed by atoms with van der Waals surface area (Å²) in [6, 6.07) is 3.52. The zero-order chi connectivity index (χ0) is 16.1. The Kier molecular flexibility index (Phi) is 5.71. The minimum absolute atomic E-state index is 0.122. The Bertz CT molecular complexity index is 523. The summed E-state index contributed by atoms with van der Waals surface area (Å²) in [5.41, 5.74) is 0. The van der Waals surface area contributed by atoms with Crippen LogP contribution in [0.1, 0.15) is 20.3 Å². The summed E-state index contributed by atoms with van der Waals surface area (Å²) in [6.45, 7) is 6.67. The average molecular weight is 312 g/mol. The predicted molar refractivity (Wildman–Crippen MR) is 79.7 cm³/mol. The van der Waals surface area contributed by atoms with Crippen molar-refractivity contribution < 1.29 is 18.3 Å². The molecule has 122 valence electrons. The highest BCUT2D eigenvalue weighted by Gasteiger charge is 2.24. The first-order chi connectivity index (χ1) is 10.5. The first kappa shape index (κ1) is 16.7. The van der Waals surface area contributed by atoms with Crippen LogP contribution >= 0.6 is 0 Å². The van der Waals surface area contributed by atoms with E-state index >= 15 is 0 Å². The van der Waals surface area contributed by atoms with Crippen LogP contribution in [0.25, 0.3) is 0 Å². The maximum absolute atomic E-state index is 13.3. The number of rotatable bonds is 6. The number of nitrogens with zero attached hydrogens (tertiary/aromatic N) is 1. The number of benzene rings is 1. The third kappa shape index (κ3) is 4.66. The predicted octanol–water partition coefficient (Wildman–Crippen LogP) is 2.19. The quantitative estimate of drug-likeness (QED) is 0.875. The number of hydrogen-bond acceptors (Lipinski definition) is 3. The van der Waals surface area contributed by atoms with Gasteiger partial charge in [-0.3, -0.25) is 4.79 Å². The van der Waals surface area contributed by atoms with E-state index in [0.29, 0.717) is 18.5 Å². The van der Waals surface area contributed by atoms with Crippen molar-refractivity contribution in [3.05, 3.63) is 29.8 Å². The number of ether oxygens (including phenoxy) is 1. The number of nitrogens with one attached hydrogen (secondary N) is 1. The van der Waals surface area contributed by atoms with Crippen molar-refractivity contribution in [3.8, 4) is 5.75 Å². The highest BCUT2D eigenvalue weighted by atomic mass is 19.1. The van der Waals surface area contributed by atoms with Crippen molar-refractivity contribution in [2.24, 2.45) is 5.92 Å². The molecule has 0 bridgehead atoms. The maximum atomic E-state index is 13.3. The van der Waals surface area contributed by atoms with Gasteiger partial charge in [-0.1, -0.05) is 0 Å². The molecule has 1 aliphatic rings. The lowest BCUT2D eigenvalue weighted by molar-refractivity contribution is -0.123. The summed E-state index contributed by atoms with van der Waals surface area (Å²) in [7, 11) is 0. The molecule has 1 aromatic carbocycles. The molecule has 1 unspecified atom stereocenters. The van der Waals surface area contributed by atoms with E-state index in [1.54, 1.807) is 0 Å². The fourth-order valence-electron chi connectivity index (χ4n) is 2.54. The highest BCUT2D eigenvalue weighted by Crippen LogP contribution is 2.18. The lowest BCUT2D eigenvalue weighted by Gasteiger charge is -2.20. The van der Waals surface area contributed by atoms with Crippen LogP contribution in [0.5, 0.6) is 5.75 Å². The fourth-order valence-corrected chi connectivity index (χ4v) is 2.54. The van der Waals surface area contributed by atoms with E-state index < -0.39 is 11.6 Å². The molecule has 0 aromatic heterocycles. The summed E-state index contributed by atoms with van der Waals surface area (Å²) in [6.07, 6.45) is 1.06. The van der Waals surface area contributed by atoms with Gasteiger partial charge in [0.25, 0.3) is 5.91 Å². The summed E-state index contributed by atoms with van der Waals surface area (Å²) < 4.78 is 31.2. The molecule has 1 fully saturated rings. The van der Waals surface area contributed by atoms with Crippen molar-refractivity contribution in [1.82, 2.24) is 10.2 Å². The number of carbonyl (C=O) groups is 1. The monoisotopic (exact) mass is 312 g/mol. The summed E-state index contributed by atoms with van der Waals surface area (Å²) >= 11 is 0. The van der Waals surface area contributed by atoms with E-state index in [9.17, 15) is 13.6 Å². The topological polar surface area (TPSA) is 41.6 Å². The van der Waals surface area contributed by atoms with E-state index in [1.807, 2.05) is 0 Å². The lowest BCUT2D eigenvalue weighted by Crippen LogP contribution is -2.35. The summed E-state index contributed by atoms with van der Waals surface area (Å²) in [5.74, 6) is -1.47. The third-order valence-corrected chi connectivity index (χ3v) is 3.89. The Balaban J connectivity index is 1.70. The molecule has 1 aliphatic heterocycles. The Labute approximate surface area is 129 Å². The van der Waals surface area contributed by atoms with Gasteiger partial charge < -0.3 is 15.0 Å². The highest BCUT2D eigenvalue weighted by molar-refractivity contribution is 5.77. The molecule has 0 spiro atoms. The van der Waals surface area contributed by atoms with Gasteiger partial charge in [-0.15, -0.1) is 0 Å². The molecule has 0 saturated carbocycles. The second-order valence-electron chi connectivity index (χ2n) is 5.91. The molecule has 1 heterocycles. The SMILES string of the molecule is CC(C)N1CCC(CNC(=O)COc2ccc(F)cc2F)C1. The van der Waals surface area contributed by atoms with Crippen molar-refractivity contribution in [2.45, 2.75) is 26.3 Å². The molecular formula is C16H22F2N2O2. The molecule has 1 aromatic rings. The van der Waals surface area contributed by atoms with Gasteiger partial charge in [-0.25, -0.2) is 8.78 Å². The van der Waals surface area contributed by atoms with Gasteiger partial charge in [0, 0.05) is 25.2 Å². The maximum Gasteiger partial charge on any atom is 0.257 e. The molecule has 1 saturated heterocycles. The molecule has 0 aliphatic carbocycles. The first-order valence-corrected chi connectivity index (χ1v) is 7.54. The van der Waals surface area contributed by atoms with E-state index in [-0.39, 0.29) is 18.3 Å². The minimum Gasteiger partial charge on any atom is -0.481 e. The Morgan fingerprint density at radius 1 is 1.45 bits per heavy atom. The number of amides is 1. The van der Waals surface area contributed by atoms with Crippen LogP contribution in [0.3, 0.4) is 0 Å². The van der Waals surface area contributed by atoms with Gasteiger partial charge in [0.2, 0.25) is 0 Å². The van der Waals surface area contributed by atoms with Gasteiger partial charge in [-0.05, 0) is 44.9 Å². The standard InChI is InChI=1S/C16H22F2N2O2/c1-11(2)20-6-5-12(9-20)8-19-16(21)10-22-15-4-3-13(17)7-14(15)18/h3-4,7,11-12H,5-6,8-10H2,1-2H3,(H,19,21). The Morgan fingerprint density at radius 2 is 2.23 bits per heavy atom. The lowest BCUT2D eigenvalue weighted by atomic mass is 10.1. The second-order valence-corrected chi connectivity index (χ2v) is 5.91. The van der Waals surface area contributed by atoms with Crippen LogP contribution in [0.2, 0.25) is 0 Å². The molecule has 1 N–H and O–H groups in total. The van der Waals surface area contributed by atoms with Crippen molar-refractivity contribution >= 4 is 5.91 Å². The van der Waals surface area contributed by atoms with E-state index in [1.165, 1.54) is 6.07 Å². The third-order valence-electron chi connectivity index (χ3n) is 3.89. The molecule has 2 rings (SSSR count). The van der Waals surface area contributed by atoms with Crippen molar-refractivity contribution in [3.63, 3.8) is 0 Å². The molecule has 0 radical (unpaired) electrons. The first-order valence-electron chi connectivity index (χ1n) is 7.54. The average Bonchev–Trinajstić information content (AvgIpc) is 2.93. The Hall–Kier alpha value is -1.69. The number of carbonyl (C=O) groups excluding carboxylic acids is 1. The van der Waals surface area contributed by atoms with E-state index in [0.717, 1.165) is 31.6 Å². The molecule has 4 nitrogen and oxygen atoms in total. The molecule has 6 heteroatoms. The summed E-state index contributed by atoms with van der Waals surface area (Å²) in [4.78, 5) is 14.1. The normalized spacial score (nSPS) is 18.7. The largest absolute Gasteiger partial charge is 0.481 e. The van der Waals surface area contributed by atoms with Crippen molar-refractivity contribution in [1.29, 1.82) is 0 Å². The second kappa shape index (κ2) is 7.54. The van der Waals surface area contributed by atoms with Crippen LogP contribution in [0, 0.1) is 17.6 Å². The molecular weight excluding hydrogens is 290 g/mol.